The maximum atomic E-state index is 14.8. The summed E-state index contributed by atoms with van der Waals surface area (Å²) in [5.74, 6) is -0.438. The molecule has 2 heterocycles. The Morgan fingerprint density at radius 3 is 2.79 bits per heavy atom. The van der Waals surface area contributed by atoms with Crippen LogP contribution in [0, 0.1) is 5.82 Å². The van der Waals surface area contributed by atoms with Gasteiger partial charge in [-0.25, -0.2) is 4.39 Å². The Labute approximate surface area is 145 Å². The third kappa shape index (κ3) is 2.70. The van der Waals surface area contributed by atoms with E-state index in [1.165, 1.54) is 12.1 Å². The molecule has 2 fully saturated rings. The lowest BCUT2D eigenvalue weighted by Gasteiger charge is -2.27. The van der Waals surface area contributed by atoms with Crippen molar-refractivity contribution in [2.45, 2.75) is 44.2 Å². The molecule has 2 N–H and O–H groups in total. The number of hydrogen-bond acceptors (Lipinski definition) is 3. The average molecular weight is 350 g/mol. The summed E-state index contributed by atoms with van der Waals surface area (Å²) >= 11 is 6.65. The van der Waals surface area contributed by atoms with Gasteiger partial charge < -0.3 is 15.2 Å². The normalized spacial score (nSPS) is 22.0. The third-order valence-electron chi connectivity index (χ3n) is 5.04. The van der Waals surface area contributed by atoms with Gasteiger partial charge in [0, 0.05) is 37.4 Å². The van der Waals surface area contributed by atoms with E-state index in [4.69, 9.17) is 17.3 Å². The summed E-state index contributed by atoms with van der Waals surface area (Å²) in [7, 11) is 0. The van der Waals surface area contributed by atoms with E-state index in [9.17, 15) is 9.18 Å². The van der Waals surface area contributed by atoms with Crippen LogP contribution in [0.2, 0.25) is 5.02 Å². The Kier molecular flexibility index (Phi) is 4.01. The number of nitrogens with zero attached hydrogens (tertiary/aromatic N) is 2. The van der Waals surface area contributed by atoms with Crippen LogP contribution >= 0.6 is 11.6 Å². The Bertz CT molecular complexity index is 846. The second kappa shape index (κ2) is 6.05. The van der Waals surface area contributed by atoms with Crippen LogP contribution in [0.1, 0.15) is 38.1 Å². The Morgan fingerprint density at radius 1 is 1.25 bits per heavy atom. The second-order valence-corrected chi connectivity index (χ2v) is 7.32. The van der Waals surface area contributed by atoms with Gasteiger partial charge in [0.15, 0.2) is 5.43 Å². The highest BCUT2D eigenvalue weighted by atomic mass is 35.5. The first-order chi connectivity index (χ1) is 11.6. The zero-order chi connectivity index (χ0) is 16.8. The number of anilines is 1. The Hall–Kier alpha value is -1.59. The molecule has 1 saturated carbocycles. The molecule has 0 bridgehead atoms. The topological polar surface area (TPSA) is 51.3 Å². The van der Waals surface area contributed by atoms with E-state index in [1.54, 1.807) is 6.20 Å². The minimum absolute atomic E-state index is 0.0139. The van der Waals surface area contributed by atoms with Crippen molar-refractivity contribution in [1.82, 2.24) is 4.57 Å². The van der Waals surface area contributed by atoms with E-state index >= 15 is 0 Å². The summed E-state index contributed by atoms with van der Waals surface area (Å²) in [5, 5.41) is 0.693. The largest absolute Gasteiger partial charge is 0.366 e. The van der Waals surface area contributed by atoms with E-state index in [1.807, 2.05) is 9.47 Å². The van der Waals surface area contributed by atoms with Gasteiger partial charge in [0.1, 0.15) is 5.82 Å². The van der Waals surface area contributed by atoms with Crippen LogP contribution in [-0.2, 0) is 0 Å². The summed E-state index contributed by atoms with van der Waals surface area (Å²) < 4.78 is 16.9. The molecule has 4 rings (SSSR count). The summed E-state index contributed by atoms with van der Waals surface area (Å²) in [6.45, 7) is 1.32. The van der Waals surface area contributed by atoms with Crippen molar-refractivity contribution >= 4 is 28.2 Å². The summed E-state index contributed by atoms with van der Waals surface area (Å²) in [4.78, 5) is 14.1. The molecule has 1 aromatic heterocycles. The molecule has 1 aliphatic carbocycles. The molecule has 128 valence electrons. The average Bonchev–Trinajstić information content (AvgIpc) is 3.37. The lowest BCUT2D eigenvalue weighted by atomic mass is 10.1. The second-order valence-electron chi connectivity index (χ2n) is 6.94. The fourth-order valence-corrected chi connectivity index (χ4v) is 4.09. The molecule has 0 amide bonds. The summed E-state index contributed by atoms with van der Waals surface area (Å²) in [6, 6.07) is 3.21. The lowest BCUT2D eigenvalue weighted by molar-refractivity contribution is 0.602. The van der Waals surface area contributed by atoms with Crippen molar-refractivity contribution in [3.8, 4) is 0 Å². The predicted octanol–water partition coefficient (Wildman–Crippen LogP) is 3.45. The van der Waals surface area contributed by atoms with Crippen molar-refractivity contribution < 1.29 is 4.39 Å². The molecule has 1 atom stereocenters. The molecule has 0 unspecified atom stereocenters. The number of nitrogens with two attached hydrogens (primary N) is 1. The van der Waals surface area contributed by atoms with Gasteiger partial charge in [-0.15, -0.1) is 0 Å². The lowest BCUT2D eigenvalue weighted by Crippen LogP contribution is -2.36. The monoisotopic (exact) mass is 349 g/mol. The molecule has 2 aliphatic rings. The van der Waals surface area contributed by atoms with Gasteiger partial charge in [-0.05, 0) is 31.7 Å². The number of aromatic nitrogens is 1. The number of hydrogen-bond donors (Lipinski definition) is 1. The van der Waals surface area contributed by atoms with Gasteiger partial charge in [-0.3, -0.25) is 4.79 Å². The molecule has 2 aromatic rings. The van der Waals surface area contributed by atoms with E-state index in [0.717, 1.165) is 38.6 Å². The van der Waals surface area contributed by atoms with E-state index in [-0.39, 0.29) is 11.5 Å². The first-order valence-electron chi connectivity index (χ1n) is 8.59. The molecule has 6 heteroatoms. The number of benzene rings is 1. The van der Waals surface area contributed by atoms with Gasteiger partial charge >= 0.3 is 0 Å². The Morgan fingerprint density at radius 2 is 2.04 bits per heavy atom. The van der Waals surface area contributed by atoms with Crippen LogP contribution in [-0.4, -0.2) is 23.7 Å². The summed E-state index contributed by atoms with van der Waals surface area (Å²) in [6.07, 6.45) is 6.86. The highest BCUT2D eigenvalue weighted by Gasteiger charge is 2.28. The van der Waals surface area contributed by atoms with Gasteiger partial charge in [0.2, 0.25) is 0 Å². The minimum Gasteiger partial charge on any atom is -0.366 e. The molecule has 24 heavy (non-hydrogen) atoms. The van der Waals surface area contributed by atoms with Crippen LogP contribution in [0.25, 0.3) is 10.9 Å². The van der Waals surface area contributed by atoms with Gasteiger partial charge in [0.05, 0.1) is 21.6 Å². The van der Waals surface area contributed by atoms with Crippen molar-refractivity contribution in [3.63, 3.8) is 0 Å². The van der Waals surface area contributed by atoms with E-state index < -0.39 is 5.82 Å². The van der Waals surface area contributed by atoms with Crippen LogP contribution in [0.3, 0.4) is 0 Å². The van der Waals surface area contributed by atoms with E-state index in [0.29, 0.717) is 34.2 Å². The zero-order valence-corrected chi connectivity index (χ0v) is 14.2. The number of pyridine rings is 1. The smallest absolute Gasteiger partial charge is 0.189 e. The van der Waals surface area contributed by atoms with Crippen LogP contribution in [0.4, 0.5) is 10.1 Å². The Balaban J connectivity index is 1.92. The van der Waals surface area contributed by atoms with E-state index in [2.05, 4.69) is 0 Å². The van der Waals surface area contributed by atoms with Crippen molar-refractivity contribution in [2.24, 2.45) is 5.73 Å². The molecule has 4 nitrogen and oxygen atoms in total. The first kappa shape index (κ1) is 15.9. The van der Waals surface area contributed by atoms with Crippen molar-refractivity contribution in [1.29, 1.82) is 0 Å². The highest BCUT2D eigenvalue weighted by Crippen LogP contribution is 2.41. The van der Waals surface area contributed by atoms with Crippen molar-refractivity contribution in [3.05, 3.63) is 39.4 Å². The number of halogens is 2. The van der Waals surface area contributed by atoms with Gasteiger partial charge in [-0.2, -0.15) is 0 Å². The van der Waals surface area contributed by atoms with Crippen molar-refractivity contribution in [2.75, 3.05) is 18.0 Å². The SMILES string of the molecule is N[C@H]1CCCCN(c2c(F)cc3c(=O)ccn(C4CC4)c3c2Cl)C1. The molecule has 0 spiro atoms. The minimum atomic E-state index is -0.438. The summed E-state index contributed by atoms with van der Waals surface area (Å²) in [5.41, 5.74) is 6.98. The maximum absolute atomic E-state index is 14.8. The quantitative estimate of drug-likeness (QED) is 0.903. The molecule has 0 radical (unpaired) electrons. The third-order valence-corrected chi connectivity index (χ3v) is 5.40. The van der Waals surface area contributed by atoms with Gasteiger partial charge in [-0.1, -0.05) is 18.0 Å². The molecular formula is C18H21ClFN3O. The fourth-order valence-electron chi connectivity index (χ4n) is 3.68. The molecule has 1 saturated heterocycles. The molecular weight excluding hydrogens is 329 g/mol. The van der Waals surface area contributed by atoms with Gasteiger partial charge in [0.25, 0.3) is 0 Å². The first-order valence-corrected chi connectivity index (χ1v) is 8.97. The van der Waals surface area contributed by atoms with Crippen LogP contribution in [0.5, 0.6) is 0 Å². The van der Waals surface area contributed by atoms with Crippen LogP contribution < -0.4 is 16.1 Å². The highest BCUT2D eigenvalue weighted by molar-refractivity contribution is 6.38. The predicted molar refractivity (Wildman–Crippen MR) is 95.5 cm³/mol. The number of rotatable bonds is 2. The zero-order valence-electron chi connectivity index (χ0n) is 13.5. The molecule has 1 aromatic carbocycles. The fraction of sp³-hybridized carbons (Fsp3) is 0.500. The molecule has 1 aliphatic heterocycles. The maximum Gasteiger partial charge on any atom is 0.189 e. The van der Waals surface area contributed by atoms with Crippen LogP contribution in [0.15, 0.2) is 23.1 Å². The standard InChI is InChI=1S/C18H21ClFN3O/c19-16-17-13(15(24)6-8-23(17)12-4-5-12)9-14(20)18(16)22-7-2-1-3-11(21)10-22/h6,8-9,11-12H,1-5,7,10,21H2/t11-/m0/s1. The number of fused-ring (bicyclic) bond motifs is 1.